The van der Waals surface area contributed by atoms with Crippen LogP contribution in [0.3, 0.4) is 0 Å². The summed E-state index contributed by atoms with van der Waals surface area (Å²) >= 11 is 1.29. The van der Waals surface area contributed by atoms with Crippen LogP contribution in [0.1, 0.15) is 42.5 Å². The van der Waals surface area contributed by atoms with E-state index in [-0.39, 0.29) is 24.4 Å². The maximum atomic E-state index is 13.3. The zero-order valence-electron chi connectivity index (χ0n) is 17.9. The maximum absolute atomic E-state index is 13.3. The number of thioether (sulfide) groups is 1. The van der Waals surface area contributed by atoms with Crippen molar-refractivity contribution in [3.05, 3.63) is 42.1 Å². The lowest BCUT2D eigenvalue weighted by molar-refractivity contribution is -0.113. The van der Waals surface area contributed by atoms with Crippen LogP contribution in [-0.4, -0.2) is 47.3 Å². The molecular weight excluding hydrogens is 426 g/mol. The molecule has 1 aromatic heterocycles. The Morgan fingerprint density at radius 2 is 1.94 bits per heavy atom. The van der Waals surface area contributed by atoms with Crippen LogP contribution in [0, 0.1) is 11.8 Å². The Bertz CT molecular complexity index is 1010. The normalized spacial score (nSPS) is 21.7. The molecule has 2 atom stereocenters. The van der Waals surface area contributed by atoms with Crippen LogP contribution in [0.25, 0.3) is 0 Å². The van der Waals surface area contributed by atoms with E-state index in [2.05, 4.69) is 10.3 Å². The molecule has 1 saturated heterocycles. The third-order valence-electron chi connectivity index (χ3n) is 6.58. The minimum absolute atomic E-state index is 0.0285. The van der Waals surface area contributed by atoms with Gasteiger partial charge in [-0.1, -0.05) is 31.0 Å². The van der Waals surface area contributed by atoms with Crippen molar-refractivity contribution >= 4 is 29.3 Å². The summed E-state index contributed by atoms with van der Waals surface area (Å²) in [6.45, 7) is 1.84. The number of carbonyl (C=O) groups is 2. The molecule has 2 amide bonds. The maximum Gasteiger partial charge on any atom is 0.256 e. The molecule has 168 valence electrons. The Morgan fingerprint density at radius 3 is 2.84 bits per heavy atom. The first-order chi connectivity index (χ1) is 15.7. The van der Waals surface area contributed by atoms with Crippen LogP contribution in [0.2, 0.25) is 0 Å². The first-order valence-corrected chi connectivity index (χ1v) is 12.2. The van der Waals surface area contributed by atoms with Crippen molar-refractivity contribution in [3.8, 4) is 11.5 Å². The number of piperidine rings is 1. The smallest absolute Gasteiger partial charge is 0.256 e. The monoisotopic (exact) mass is 453 g/mol. The first-order valence-electron chi connectivity index (χ1n) is 11.2. The molecule has 3 heterocycles. The number of fused-ring (bicyclic) bond motifs is 2. The van der Waals surface area contributed by atoms with Crippen LogP contribution in [0.15, 0.2) is 41.6 Å². The van der Waals surface area contributed by atoms with Crippen LogP contribution in [-0.2, 0) is 4.79 Å². The number of nitrogens with one attached hydrogen (secondary N) is 1. The average molecular weight is 454 g/mol. The molecule has 5 rings (SSSR count). The van der Waals surface area contributed by atoms with Gasteiger partial charge < -0.3 is 19.7 Å². The van der Waals surface area contributed by atoms with Gasteiger partial charge in [-0.2, -0.15) is 0 Å². The zero-order valence-corrected chi connectivity index (χ0v) is 18.7. The number of pyridine rings is 1. The quantitative estimate of drug-likeness (QED) is 0.684. The van der Waals surface area contributed by atoms with Gasteiger partial charge in [-0.3, -0.25) is 9.59 Å². The predicted molar refractivity (Wildman–Crippen MR) is 122 cm³/mol. The van der Waals surface area contributed by atoms with E-state index in [9.17, 15) is 9.59 Å². The highest BCUT2D eigenvalue weighted by Crippen LogP contribution is 2.37. The molecule has 2 aliphatic heterocycles. The Morgan fingerprint density at radius 1 is 1.09 bits per heavy atom. The molecule has 2 fully saturated rings. The molecule has 1 saturated carbocycles. The van der Waals surface area contributed by atoms with Gasteiger partial charge in [0.25, 0.3) is 5.91 Å². The number of hydrogen-bond acceptors (Lipinski definition) is 6. The fourth-order valence-electron chi connectivity index (χ4n) is 4.93. The lowest BCUT2D eigenvalue weighted by atomic mass is 9.75. The number of amides is 2. The third-order valence-corrected chi connectivity index (χ3v) is 7.58. The van der Waals surface area contributed by atoms with Gasteiger partial charge in [0.05, 0.1) is 11.3 Å². The molecule has 8 heteroatoms. The van der Waals surface area contributed by atoms with Crippen LogP contribution < -0.4 is 14.8 Å². The van der Waals surface area contributed by atoms with E-state index < -0.39 is 0 Å². The van der Waals surface area contributed by atoms with Gasteiger partial charge in [0.2, 0.25) is 12.7 Å². The summed E-state index contributed by atoms with van der Waals surface area (Å²) in [7, 11) is 0. The number of likely N-dealkylation sites (tertiary alicyclic amines) is 1. The van der Waals surface area contributed by atoms with Crippen LogP contribution in [0.5, 0.6) is 11.5 Å². The summed E-state index contributed by atoms with van der Waals surface area (Å²) in [5, 5.41) is 3.47. The summed E-state index contributed by atoms with van der Waals surface area (Å²) < 4.78 is 10.6. The number of anilines is 1. The summed E-state index contributed by atoms with van der Waals surface area (Å²) in [6.07, 6.45) is 7.89. The van der Waals surface area contributed by atoms with E-state index in [1.165, 1.54) is 37.4 Å². The Hall–Kier alpha value is -2.74. The molecular formula is C24H27N3O4S. The highest BCUT2D eigenvalue weighted by atomic mass is 32.2. The van der Waals surface area contributed by atoms with Crippen LogP contribution >= 0.6 is 11.8 Å². The molecule has 32 heavy (non-hydrogen) atoms. The first kappa shape index (κ1) is 21.1. The summed E-state index contributed by atoms with van der Waals surface area (Å²) in [5.74, 6) is 2.72. The van der Waals surface area contributed by atoms with Gasteiger partial charge in [0.15, 0.2) is 11.5 Å². The molecule has 0 spiro atoms. The van der Waals surface area contributed by atoms with Crippen molar-refractivity contribution in [3.63, 3.8) is 0 Å². The van der Waals surface area contributed by atoms with E-state index >= 15 is 0 Å². The molecule has 0 radical (unpaired) electrons. The molecule has 0 bridgehead atoms. The van der Waals surface area contributed by atoms with Crippen molar-refractivity contribution < 1.29 is 19.1 Å². The predicted octanol–water partition coefficient (Wildman–Crippen LogP) is 4.19. The largest absolute Gasteiger partial charge is 0.454 e. The van der Waals surface area contributed by atoms with Crippen LogP contribution in [0.4, 0.5) is 5.69 Å². The highest BCUT2D eigenvalue weighted by Gasteiger charge is 2.33. The Labute approximate surface area is 191 Å². The van der Waals surface area contributed by atoms with E-state index in [0.717, 1.165) is 25.4 Å². The van der Waals surface area contributed by atoms with Crippen molar-refractivity contribution in [2.45, 2.75) is 37.1 Å². The third kappa shape index (κ3) is 4.55. The van der Waals surface area contributed by atoms with E-state index in [1.54, 1.807) is 30.5 Å². The number of hydrogen-bond donors (Lipinski definition) is 1. The van der Waals surface area contributed by atoms with Crippen molar-refractivity contribution in [2.24, 2.45) is 11.8 Å². The van der Waals surface area contributed by atoms with Crippen molar-refractivity contribution in [2.75, 3.05) is 31.0 Å². The highest BCUT2D eigenvalue weighted by molar-refractivity contribution is 8.00. The van der Waals surface area contributed by atoms with E-state index in [0.29, 0.717) is 33.7 Å². The molecule has 3 aliphatic rings. The molecule has 2 unspecified atom stereocenters. The second kappa shape index (κ2) is 9.40. The van der Waals surface area contributed by atoms with Gasteiger partial charge in [0, 0.05) is 31.0 Å². The standard InChI is InChI=1S/C24H27N3O4S/c28-22(26-18-7-8-20-21(12-18)31-15-30-20)14-32-23-19(6-3-10-25-23)24(29)27-11-9-16-4-1-2-5-17(16)13-27/h3,6-8,10,12,16-17H,1-2,4-5,9,11,13-15H2,(H,26,28). The number of rotatable bonds is 5. The van der Waals surface area contributed by atoms with Gasteiger partial charge in [-0.15, -0.1) is 0 Å². The lowest BCUT2D eigenvalue weighted by Gasteiger charge is -2.41. The van der Waals surface area contributed by atoms with Gasteiger partial charge in [0.1, 0.15) is 5.03 Å². The van der Waals surface area contributed by atoms with Crippen molar-refractivity contribution in [1.82, 2.24) is 9.88 Å². The topological polar surface area (TPSA) is 80.8 Å². The number of carbonyl (C=O) groups excluding carboxylic acids is 2. The molecule has 1 aromatic carbocycles. The second-order valence-electron chi connectivity index (χ2n) is 8.61. The second-order valence-corrected chi connectivity index (χ2v) is 9.57. The fourth-order valence-corrected chi connectivity index (χ4v) is 5.72. The Kier molecular flexibility index (Phi) is 6.21. The van der Waals surface area contributed by atoms with E-state index in [4.69, 9.17) is 9.47 Å². The lowest BCUT2D eigenvalue weighted by Crippen LogP contribution is -2.44. The van der Waals surface area contributed by atoms with E-state index in [1.807, 2.05) is 11.0 Å². The van der Waals surface area contributed by atoms with Crippen molar-refractivity contribution in [1.29, 1.82) is 0 Å². The number of benzene rings is 1. The van der Waals surface area contributed by atoms with Gasteiger partial charge >= 0.3 is 0 Å². The average Bonchev–Trinajstić information content (AvgIpc) is 3.30. The van der Waals surface area contributed by atoms with Gasteiger partial charge in [-0.25, -0.2) is 4.98 Å². The summed E-state index contributed by atoms with van der Waals surface area (Å²) in [4.78, 5) is 32.2. The van der Waals surface area contributed by atoms with Gasteiger partial charge in [-0.05, 0) is 48.9 Å². The minimum Gasteiger partial charge on any atom is -0.454 e. The molecule has 1 N–H and O–H groups in total. The fraction of sp³-hybridized carbons (Fsp3) is 0.458. The molecule has 2 aromatic rings. The number of aromatic nitrogens is 1. The summed E-state index contributed by atoms with van der Waals surface area (Å²) in [6, 6.07) is 8.91. The molecule has 7 nitrogen and oxygen atoms in total. The number of nitrogens with zero attached hydrogens (tertiary/aromatic N) is 2. The molecule has 1 aliphatic carbocycles. The Balaban J connectivity index is 1.20. The summed E-state index contributed by atoms with van der Waals surface area (Å²) in [5.41, 5.74) is 1.23. The SMILES string of the molecule is O=C(CSc1ncccc1C(=O)N1CCC2CCCCC2C1)Nc1ccc2c(c1)OCO2. The zero-order chi connectivity index (χ0) is 21.9. The number of ether oxygens (including phenoxy) is 2. The minimum atomic E-state index is -0.166.